The number of methoxy groups -OCH3 is 1. The van der Waals surface area contributed by atoms with Gasteiger partial charge in [-0.05, 0) is 150 Å². The van der Waals surface area contributed by atoms with Gasteiger partial charge in [-0.15, -0.1) is 45.3 Å². The number of hydrogen-bond donors (Lipinski definition) is 4. The fourth-order valence-corrected chi connectivity index (χ4v) is 12.6. The van der Waals surface area contributed by atoms with Gasteiger partial charge >= 0.3 is 6.18 Å². The van der Waals surface area contributed by atoms with E-state index in [0.717, 1.165) is 87.2 Å². The molecule has 15 aromatic rings. The van der Waals surface area contributed by atoms with Crippen LogP contribution in [0.3, 0.4) is 0 Å². The van der Waals surface area contributed by atoms with Crippen molar-refractivity contribution in [2.75, 3.05) is 28.4 Å². The Hall–Kier alpha value is -11.0. The lowest BCUT2D eigenvalue weighted by atomic mass is 10.1. The summed E-state index contributed by atoms with van der Waals surface area (Å²) in [6.07, 6.45) is 11.0. The first-order valence-corrected chi connectivity index (χ1v) is 33.5. The minimum Gasteiger partial charge on any atom is -0.497 e. The summed E-state index contributed by atoms with van der Waals surface area (Å²) < 4.78 is 46.7. The molecule has 20 nitrogen and oxygen atoms in total. The van der Waals surface area contributed by atoms with E-state index in [1.54, 1.807) is 114 Å². The predicted molar refractivity (Wildman–Crippen MR) is 383 cm³/mol. The Morgan fingerprint density at radius 2 is 0.876 bits per heavy atom. The highest BCUT2D eigenvalue weighted by molar-refractivity contribution is 7.15. The van der Waals surface area contributed by atoms with Crippen LogP contribution in [-0.4, -0.2) is 81.3 Å². The van der Waals surface area contributed by atoms with E-state index in [0.29, 0.717) is 45.9 Å². The summed E-state index contributed by atoms with van der Waals surface area (Å²) in [6, 6.07) is 45.0. The number of hydrogen-bond acceptors (Lipinski definition) is 22. The van der Waals surface area contributed by atoms with Crippen molar-refractivity contribution in [1.29, 1.82) is 0 Å². The van der Waals surface area contributed by atoms with E-state index in [9.17, 15) is 13.2 Å². The number of aryl methyl sites for hydroxylation is 5. The summed E-state index contributed by atoms with van der Waals surface area (Å²) in [5.74, 6) is 2.83. The van der Waals surface area contributed by atoms with E-state index in [2.05, 4.69) is 140 Å². The van der Waals surface area contributed by atoms with E-state index in [-0.39, 0.29) is 0 Å². The minimum atomic E-state index is -4.47. The number of aromatic nitrogens is 15. The van der Waals surface area contributed by atoms with Gasteiger partial charge in [0.25, 0.3) is 0 Å². The lowest BCUT2D eigenvalue weighted by molar-refractivity contribution is -0.141. The Bertz CT molecular complexity index is 5150. The number of fused-ring (bicyclic) bond motifs is 3. The van der Waals surface area contributed by atoms with Crippen LogP contribution in [0.25, 0.3) is 70.3 Å². The molecule has 0 amide bonds. The minimum absolute atomic E-state index is 0.400. The molecule has 0 spiro atoms. The Morgan fingerprint density at radius 1 is 0.454 bits per heavy atom. The van der Waals surface area contributed by atoms with Gasteiger partial charge < -0.3 is 30.6 Å². The van der Waals surface area contributed by atoms with Crippen LogP contribution in [0.15, 0.2) is 201 Å². The van der Waals surface area contributed by atoms with Gasteiger partial charge in [0.2, 0.25) is 23.8 Å². The zero-order chi connectivity index (χ0) is 67.4. The number of anilines is 8. The molecule has 0 aliphatic heterocycles. The topological polar surface area (TPSA) is 235 Å². The average molecular weight is 1390 g/mol. The third kappa shape index (κ3) is 16.9. The van der Waals surface area contributed by atoms with Crippen LogP contribution in [0.4, 0.5) is 59.7 Å². The molecule has 0 bridgehead atoms. The zero-order valence-corrected chi connectivity index (χ0v) is 56.5. The third-order valence-electron chi connectivity index (χ3n) is 14.0. The third-order valence-corrected chi connectivity index (χ3v) is 18.0. The van der Waals surface area contributed by atoms with Crippen LogP contribution in [-0.2, 0) is 12.7 Å². The number of rotatable bonds is 15. The molecule has 97 heavy (non-hydrogen) atoms. The van der Waals surface area contributed by atoms with E-state index in [1.807, 2.05) is 113 Å². The quantitative estimate of drug-likeness (QED) is 0.0747. The lowest BCUT2D eigenvalue weighted by Gasteiger charge is -2.07. The van der Waals surface area contributed by atoms with Gasteiger partial charge in [-0.25, -0.2) is 64.5 Å². The smallest absolute Gasteiger partial charge is 0.435 e. The monoisotopic (exact) mass is 1390 g/mol. The highest BCUT2D eigenvalue weighted by atomic mass is 35.5. The molecule has 0 aliphatic carbocycles. The summed E-state index contributed by atoms with van der Waals surface area (Å²) >= 11 is 12.3. The molecule has 4 N–H and O–H groups in total. The lowest BCUT2D eigenvalue weighted by Crippen LogP contribution is -2.07. The number of thiazole rings is 4. The molecule has 0 atom stereocenters. The summed E-state index contributed by atoms with van der Waals surface area (Å²) in [6.45, 7) is 11.2. The first-order valence-electron chi connectivity index (χ1n) is 29.8. The van der Waals surface area contributed by atoms with E-state index in [4.69, 9.17) is 16.3 Å². The normalized spacial score (nSPS) is 11.0. The second kappa shape index (κ2) is 30.2. The number of alkyl halides is 3. The molecule has 0 saturated carbocycles. The number of halogens is 4. The van der Waals surface area contributed by atoms with Crippen molar-refractivity contribution in [3.8, 4) is 54.2 Å². The molecule has 0 fully saturated rings. The Labute approximate surface area is 575 Å². The molecule has 10 heterocycles. The molecule has 486 valence electrons. The van der Waals surface area contributed by atoms with Gasteiger partial charge in [0, 0.05) is 137 Å². The molecule has 5 aromatic carbocycles. The van der Waals surface area contributed by atoms with Gasteiger partial charge in [0.05, 0.1) is 12.8 Å². The van der Waals surface area contributed by atoms with Crippen molar-refractivity contribution >= 4 is 125 Å². The van der Waals surface area contributed by atoms with E-state index >= 15 is 0 Å². The second-order valence-electron chi connectivity index (χ2n) is 21.1. The first-order chi connectivity index (χ1) is 47.1. The SMILES string of the molecule is CCn1c2ccccc2c2cc(Nc3nccc(-c4ncc(C)s4)n3)ccc21.COc1cccc(Nc2nccc(-c3ncc(C)s3)n2)c1.Cc1cnc(-c2ccnc(Nc3ccc(-n4ccc(C(F)(F)F)n4)cc3)n2)s1.Cc1cnc(-c2ccnc(Nc3ccc(Cl)cc3)n2)s1. The molecule has 10 aromatic heterocycles. The molecule has 0 saturated heterocycles. The molecule has 0 aliphatic rings. The van der Waals surface area contributed by atoms with Crippen LogP contribution in [0.2, 0.25) is 5.02 Å². The van der Waals surface area contributed by atoms with E-state index < -0.39 is 11.9 Å². The number of benzene rings is 5. The van der Waals surface area contributed by atoms with Gasteiger partial charge in [-0.3, -0.25) is 0 Å². The van der Waals surface area contributed by atoms with Crippen LogP contribution >= 0.6 is 56.9 Å². The van der Waals surface area contributed by atoms with Crippen molar-refractivity contribution in [3.05, 3.63) is 232 Å². The van der Waals surface area contributed by atoms with Crippen molar-refractivity contribution < 1.29 is 17.9 Å². The van der Waals surface area contributed by atoms with Crippen LogP contribution in [0.1, 0.15) is 32.1 Å². The maximum Gasteiger partial charge on any atom is 0.435 e. The van der Waals surface area contributed by atoms with Crippen LogP contribution in [0, 0.1) is 27.7 Å². The van der Waals surface area contributed by atoms with Crippen molar-refractivity contribution in [1.82, 2.24) is 74.2 Å². The maximum atomic E-state index is 12.7. The van der Waals surface area contributed by atoms with Gasteiger partial charge in [0.15, 0.2) is 5.69 Å². The van der Waals surface area contributed by atoms with Crippen LogP contribution in [0.5, 0.6) is 5.75 Å². The predicted octanol–water partition coefficient (Wildman–Crippen LogP) is 18.6. The van der Waals surface area contributed by atoms with Crippen molar-refractivity contribution in [2.24, 2.45) is 0 Å². The van der Waals surface area contributed by atoms with E-state index in [1.165, 1.54) is 37.6 Å². The number of nitrogens with zero attached hydrogens (tertiary/aromatic N) is 15. The number of ether oxygens (including phenoxy) is 1. The fraction of sp³-hybridized carbons (Fsp3) is 0.116. The van der Waals surface area contributed by atoms with Gasteiger partial charge in [-0.2, -0.15) is 18.3 Å². The summed E-state index contributed by atoms with van der Waals surface area (Å²) in [7, 11) is 1.64. The summed E-state index contributed by atoms with van der Waals surface area (Å²) in [5, 5.41) is 23.0. The standard InChI is InChI=1S/C22H19N5S.C18H13F3N6S.C15H14N4OS.C14H11ClN4S/c1-3-27-19-7-5-4-6-16(19)17-12-15(8-9-20(17)27)25-22-23-11-10-18(26-22)21-24-13-14(2)28-21;1-11-10-23-16(28-11)14-6-8-22-17(25-14)24-12-2-4-13(5-3-12)27-9-7-15(26-27)18(19,20)21;1-10-9-17-14(21-10)13-6-7-16-15(19-13)18-11-4-3-5-12(8-11)20-2;1-9-8-17-13(20-9)12-6-7-16-14(19-12)18-11-4-2-10(15)3-5-11/h4-13H,3H2,1-2H3,(H,23,25,26);2-10H,1H3,(H,22,24,25);3-9H,1-2H3,(H,16,18,19);2-8H,1H3,(H,16,18,19). The highest BCUT2D eigenvalue weighted by Crippen LogP contribution is 2.34. The number of para-hydroxylation sites is 1. The Morgan fingerprint density at radius 3 is 1.30 bits per heavy atom. The summed E-state index contributed by atoms with van der Waals surface area (Å²) in [5.41, 5.74) is 8.68. The maximum absolute atomic E-state index is 12.7. The Balaban J connectivity index is 0.000000125. The average Bonchev–Trinajstić information content (AvgIpc) is 1.61. The van der Waals surface area contributed by atoms with Crippen molar-refractivity contribution in [2.45, 2.75) is 47.3 Å². The largest absolute Gasteiger partial charge is 0.497 e. The first kappa shape index (κ1) is 66.1. The van der Waals surface area contributed by atoms with Crippen molar-refractivity contribution in [3.63, 3.8) is 0 Å². The molecule has 0 unspecified atom stereocenters. The van der Waals surface area contributed by atoms with Gasteiger partial charge in [-0.1, -0.05) is 35.9 Å². The molecule has 28 heteroatoms. The number of nitrogens with one attached hydrogen (secondary N) is 4. The molecular formula is C69H57ClF3N19OS4. The Kier molecular flexibility index (Phi) is 20.6. The van der Waals surface area contributed by atoms with Crippen LogP contribution < -0.4 is 26.0 Å². The molecular weight excluding hydrogens is 1330 g/mol. The fourth-order valence-electron chi connectivity index (χ4n) is 9.58. The molecule has 15 rings (SSSR count). The molecule has 0 radical (unpaired) electrons. The van der Waals surface area contributed by atoms with Gasteiger partial charge in [0.1, 0.15) is 48.6 Å². The highest BCUT2D eigenvalue weighted by Gasteiger charge is 2.33. The summed E-state index contributed by atoms with van der Waals surface area (Å²) in [4.78, 5) is 57.0. The second-order valence-corrected chi connectivity index (χ2v) is 26.5. The zero-order valence-electron chi connectivity index (χ0n) is 52.5.